The fourth-order valence-corrected chi connectivity index (χ4v) is 0.397. The second kappa shape index (κ2) is 31.0. The van der Waals surface area contributed by atoms with Crippen molar-refractivity contribution in [2.24, 2.45) is 5.92 Å². The van der Waals surface area contributed by atoms with Gasteiger partial charge in [-0.05, 0) is 18.9 Å². The standard InChI is InChI=1S/C6H11N2O3.C4H8O2.C3H6NO2.4Rb/c1-3(7)5(9)8-4(2)6(10)11;1-3(2)4(5)6;1-2(4)3(5)6;;;;/h3-4,7H,1-2H3,(H,8,9)(H,10,11);3H,1-2H3,(H,5,6);2,4H,1H3,(H,5,6);;;;/q-1;;-1;4*+1/p-2. The predicted octanol–water partition coefficient (Wildman–Crippen LogP) is -13.4. The monoisotopic (exact) mass is 673 g/mol. The van der Waals surface area contributed by atoms with Crippen LogP contribution in [0.1, 0.15) is 34.6 Å². The SMILES string of the molecule is CC(C)C(=O)[O-].CC([NH-])C(=O)NC(C)C(=O)[O-].CC([NH-])C(=O)O.[Rb+].[Rb+].[Rb+].[Rb+]. The van der Waals surface area contributed by atoms with E-state index in [0.29, 0.717) is 0 Å². The van der Waals surface area contributed by atoms with E-state index in [4.69, 9.17) is 16.6 Å². The largest absolute Gasteiger partial charge is 1.00 e. The molecule has 0 aliphatic carbocycles. The number of nitrogens with one attached hydrogen (secondary N) is 3. The van der Waals surface area contributed by atoms with Gasteiger partial charge in [-0.2, -0.15) is 0 Å². The minimum atomic E-state index is -1.35. The molecule has 1 amide bonds. The van der Waals surface area contributed by atoms with Gasteiger partial charge in [0.15, 0.2) is 0 Å². The van der Waals surface area contributed by atoms with Crippen molar-refractivity contribution in [1.82, 2.24) is 5.32 Å². The van der Waals surface area contributed by atoms with Crippen molar-refractivity contribution in [3.8, 4) is 0 Å². The Morgan fingerprint density at radius 3 is 1.15 bits per heavy atom. The van der Waals surface area contributed by atoms with E-state index in [2.05, 4.69) is 5.32 Å². The van der Waals surface area contributed by atoms with Crippen molar-refractivity contribution in [1.29, 1.82) is 0 Å². The number of carbonyl (C=O) groups excluding carboxylic acids is 3. The van der Waals surface area contributed by atoms with Crippen LogP contribution in [0.25, 0.3) is 11.5 Å². The van der Waals surface area contributed by atoms with Gasteiger partial charge >= 0.3 is 233 Å². The maximum absolute atomic E-state index is 10.7. The molecular weight excluding hydrogens is 652 g/mol. The number of rotatable bonds is 5. The van der Waals surface area contributed by atoms with Crippen LogP contribution in [0.15, 0.2) is 0 Å². The van der Waals surface area contributed by atoms with Crippen LogP contribution in [-0.2, 0) is 19.2 Å². The average molecular weight is 675 g/mol. The summed E-state index contributed by atoms with van der Waals surface area (Å²) in [5.74, 6) is -4.37. The van der Waals surface area contributed by atoms with Crippen molar-refractivity contribution in [3.63, 3.8) is 0 Å². The Bertz CT molecular complexity index is 393. The van der Waals surface area contributed by atoms with Gasteiger partial charge in [-0.1, -0.05) is 33.7 Å². The number of amides is 1. The van der Waals surface area contributed by atoms with E-state index < -0.39 is 41.9 Å². The number of carboxylic acids is 3. The first-order valence-corrected chi connectivity index (χ1v) is 6.61. The quantitative estimate of drug-likeness (QED) is 0.289. The Balaban J connectivity index is -0.0000000440. The number of hydrogen-bond acceptors (Lipinski definition) is 6. The summed E-state index contributed by atoms with van der Waals surface area (Å²) in [4.78, 5) is 39.8. The van der Waals surface area contributed by atoms with Gasteiger partial charge < -0.3 is 41.7 Å². The summed E-state index contributed by atoms with van der Waals surface area (Å²) in [7, 11) is 0. The fraction of sp³-hybridized carbons (Fsp3) is 0.692. The molecule has 0 aliphatic rings. The molecule has 136 valence electrons. The Hall–Kier alpha value is 5.02. The topological polar surface area (TPSA) is 194 Å². The number of carboxylic acid groups (broad SMARTS) is 3. The Labute approximate surface area is 356 Å². The van der Waals surface area contributed by atoms with Crippen LogP contribution in [-0.4, -0.2) is 47.0 Å². The van der Waals surface area contributed by atoms with Gasteiger partial charge in [-0.25, -0.2) is 0 Å². The Kier molecular flexibility index (Phi) is 56.5. The summed E-state index contributed by atoms with van der Waals surface area (Å²) in [6, 6.07) is -2.96. The van der Waals surface area contributed by atoms with E-state index in [0.717, 1.165) is 0 Å². The average Bonchev–Trinajstić information content (AvgIpc) is 2.39. The van der Waals surface area contributed by atoms with Gasteiger partial charge in [0.1, 0.15) is 0 Å². The Morgan fingerprint density at radius 1 is 0.778 bits per heavy atom. The molecule has 0 aromatic rings. The molecule has 0 radical (unpaired) electrons. The third-order valence-electron chi connectivity index (χ3n) is 1.95. The van der Waals surface area contributed by atoms with Crippen molar-refractivity contribution in [2.45, 2.75) is 52.7 Å². The van der Waals surface area contributed by atoms with Crippen LogP contribution in [0.5, 0.6) is 0 Å². The molecule has 4 N–H and O–H groups in total. The summed E-state index contributed by atoms with van der Waals surface area (Å²) in [6.45, 7) is 7.11. The third kappa shape index (κ3) is 41.7. The van der Waals surface area contributed by atoms with Crippen LogP contribution in [0.4, 0.5) is 0 Å². The summed E-state index contributed by atoms with van der Waals surface area (Å²) < 4.78 is 0. The zero-order valence-corrected chi connectivity index (χ0v) is 37.4. The zero-order valence-electron chi connectivity index (χ0n) is 17.7. The molecule has 0 aromatic heterocycles. The molecule has 14 heteroatoms. The molecule has 10 nitrogen and oxygen atoms in total. The van der Waals surface area contributed by atoms with E-state index in [1.807, 2.05) is 0 Å². The van der Waals surface area contributed by atoms with E-state index in [-0.39, 0.29) is 239 Å². The molecule has 0 bridgehead atoms. The molecule has 0 heterocycles. The van der Waals surface area contributed by atoms with Gasteiger partial charge in [-0.15, -0.1) is 0 Å². The van der Waals surface area contributed by atoms with E-state index in [9.17, 15) is 29.4 Å². The fourth-order valence-electron chi connectivity index (χ4n) is 0.397. The zero-order chi connectivity index (χ0) is 19.3. The number of hydrogen-bond donors (Lipinski definition) is 2. The number of aliphatic carboxylic acids is 3. The van der Waals surface area contributed by atoms with Gasteiger partial charge in [0.25, 0.3) is 5.97 Å². The molecule has 0 fully saturated rings. The molecule has 0 aromatic carbocycles. The first-order chi connectivity index (χ1) is 10.2. The van der Waals surface area contributed by atoms with E-state index in [1.54, 1.807) is 13.8 Å². The molecule has 3 unspecified atom stereocenters. The van der Waals surface area contributed by atoms with Gasteiger partial charge in [-0.3, -0.25) is 9.59 Å². The maximum Gasteiger partial charge on any atom is 1.00 e. The van der Waals surface area contributed by atoms with Crippen molar-refractivity contribution in [2.75, 3.05) is 0 Å². The van der Waals surface area contributed by atoms with Crippen molar-refractivity contribution < 1.29 is 267 Å². The van der Waals surface area contributed by atoms with E-state index >= 15 is 0 Å². The first-order valence-electron chi connectivity index (χ1n) is 6.61. The van der Waals surface area contributed by atoms with E-state index in [1.165, 1.54) is 20.8 Å². The smallest absolute Gasteiger partial charge is 0.667 e. The molecule has 3 atom stereocenters. The predicted molar refractivity (Wildman–Crippen MR) is 77.7 cm³/mol. The van der Waals surface area contributed by atoms with Gasteiger partial charge in [0, 0.05) is 5.97 Å². The molecule has 0 rings (SSSR count). The van der Waals surface area contributed by atoms with Gasteiger partial charge in [0.2, 0.25) is 5.91 Å². The summed E-state index contributed by atoms with van der Waals surface area (Å²) in [5, 5.41) is 29.6. The summed E-state index contributed by atoms with van der Waals surface area (Å²) in [5.41, 5.74) is 13.3. The molecule has 0 aliphatic heterocycles. The van der Waals surface area contributed by atoms with Crippen LogP contribution in [0, 0.1) is 5.92 Å². The number of carbonyl (C=O) groups is 4. The third-order valence-corrected chi connectivity index (χ3v) is 1.95. The second-order valence-corrected chi connectivity index (χ2v) is 4.80. The molecule has 0 saturated carbocycles. The molecule has 0 spiro atoms. The maximum atomic E-state index is 10.7. The Morgan fingerprint density at radius 2 is 1.04 bits per heavy atom. The van der Waals surface area contributed by atoms with Gasteiger partial charge in [0.05, 0.1) is 12.0 Å². The molecule has 27 heavy (non-hydrogen) atoms. The van der Waals surface area contributed by atoms with Crippen LogP contribution >= 0.6 is 0 Å². The minimum Gasteiger partial charge on any atom is -0.667 e. The minimum absolute atomic E-state index is 0. The van der Waals surface area contributed by atoms with Crippen molar-refractivity contribution >= 4 is 23.8 Å². The van der Waals surface area contributed by atoms with Crippen LogP contribution < -0.4 is 248 Å². The summed E-state index contributed by atoms with van der Waals surface area (Å²) in [6.07, 6.45) is 0. The normalized spacial score (nSPS) is 11.3. The second-order valence-electron chi connectivity index (χ2n) is 4.80. The first kappa shape index (κ1) is 49.2. The van der Waals surface area contributed by atoms with Crippen LogP contribution in [0.2, 0.25) is 0 Å². The van der Waals surface area contributed by atoms with Crippen LogP contribution in [0.3, 0.4) is 0 Å². The molecular formula is C13H23N3O7Rb4. The summed E-state index contributed by atoms with van der Waals surface area (Å²) >= 11 is 0. The molecule has 0 saturated heterocycles. The van der Waals surface area contributed by atoms with Crippen molar-refractivity contribution in [3.05, 3.63) is 11.5 Å².